The van der Waals surface area contributed by atoms with Crippen molar-refractivity contribution in [3.05, 3.63) is 51.5 Å². The molecule has 2 aromatic rings. The molecule has 0 saturated carbocycles. The predicted octanol–water partition coefficient (Wildman–Crippen LogP) is 3.50. The highest BCUT2D eigenvalue weighted by Gasteiger charge is 2.16. The van der Waals surface area contributed by atoms with Crippen LogP contribution in [0.3, 0.4) is 0 Å². The van der Waals surface area contributed by atoms with Gasteiger partial charge in [0.1, 0.15) is 0 Å². The minimum atomic E-state index is 0.0698. The van der Waals surface area contributed by atoms with Crippen LogP contribution < -0.4 is 11.3 Å². The molecule has 1 unspecified atom stereocenters. The SMILES string of the molecule is Cc1nc(C(Cc2ccc(C(C)(C)C)cc2)NN)cs1. The second kappa shape index (κ2) is 6.04. The number of thiazole rings is 1. The first-order chi connectivity index (χ1) is 9.40. The van der Waals surface area contributed by atoms with Crippen molar-refractivity contribution in [3.63, 3.8) is 0 Å². The highest BCUT2D eigenvalue weighted by atomic mass is 32.1. The molecule has 0 bridgehead atoms. The molecule has 1 heterocycles. The van der Waals surface area contributed by atoms with Crippen molar-refractivity contribution >= 4 is 11.3 Å². The van der Waals surface area contributed by atoms with Gasteiger partial charge in [-0.05, 0) is 29.9 Å². The van der Waals surface area contributed by atoms with Crippen molar-refractivity contribution in [3.8, 4) is 0 Å². The van der Waals surface area contributed by atoms with Crippen molar-refractivity contribution in [2.24, 2.45) is 5.84 Å². The number of benzene rings is 1. The molecule has 2 rings (SSSR count). The molecule has 1 aromatic carbocycles. The average Bonchev–Trinajstić information content (AvgIpc) is 2.82. The summed E-state index contributed by atoms with van der Waals surface area (Å²) in [6, 6.07) is 8.85. The van der Waals surface area contributed by atoms with Gasteiger partial charge in [-0.15, -0.1) is 11.3 Å². The lowest BCUT2D eigenvalue weighted by Gasteiger charge is -2.20. The lowest BCUT2D eigenvalue weighted by molar-refractivity contribution is 0.539. The number of hydrogen-bond donors (Lipinski definition) is 2. The van der Waals surface area contributed by atoms with Crippen LogP contribution >= 0.6 is 11.3 Å². The van der Waals surface area contributed by atoms with Gasteiger partial charge in [-0.1, -0.05) is 45.0 Å². The van der Waals surface area contributed by atoms with Crippen molar-refractivity contribution < 1.29 is 0 Å². The van der Waals surface area contributed by atoms with E-state index in [1.165, 1.54) is 11.1 Å². The molecular weight excluding hydrogens is 266 g/mol. The fourth-order valence-electron chi connectivity index (χ4n) is 2.17. The van der Waals surface area contributed by atoms with E-state index in [0.29, 0.717) is 0 Å². The van der Waals surface area contributed by atoms with E-state index in [2.05, 4.69) is 60.8 Å². The molecular formula is C16H23N3S. The standard InChI is InChI=1S/C16H23N3S/c1-11-18-15(10-20-11)14(19-17)9-12-5-7-13(8-6-12)16(2,3)4/h5-8,10,14,19H,9,17H2,1-4H3. The Balaban J connectivity index is 2.12. The molecule has 0 amide bonds. The number of nitrogens with one attached hydrogen (secondary N) is 1. The number of hydrogen-bond acceptors (Lipinski definition) is 4. The van der Waals surface area contributed by atoms with Crippen LogP contribution in [0.5, 0.6) is 0 Å². The van der Waals surface area contributed by atoms with Gasteiger partial charge >= 0.3 is 0 Å². The summed E-state index contributed by atoms with van der Waals surface area (Å²) in [4.78, 5) is 4.51. The minimum Gasteiger partial charge on any atom is -0.271 e. The fraction of sp³-hybridized carbons (Fsp3) is 0.438. The summed E-state index contributed by atoms with van der Waals surface area (Å²) in [5.74, 6) is 5.68. The van der Waals surface area contributed by atoms with E-state index in [9.17, 15) is 0 Å². The van der Waals surface area contributed by atoms with Gasteiger partial charge in [-0.2, -0.15) is 0 Å². The minimum absolute atomic E-state index is 0.0698. The molecule has 108 valence electrons. The normalized spacial score (nSPS) is 13.4. The first kappa shape index (κ1) is 15.2. The van der Waals surface area contributed by atoms with E-state index in [-0.39, 0.29) is 11.5 Å². The van der Waals surface area contributed by atoms with E-state index in [0.717, 1.165) is 17.1 Å². The molecule has 0 aliphatic heterocycles. The third kappa shape index (κ3) is 3.66. The molecule has 0 aliphatic rings. The van der Waals surface area contributed by atoms with E-state index < -0.39 is 0 Å². The van der Waals surface area contributed by atoms with Crippen LogP contribution in [-0.4, -0.2) is 4.98 Å². The summed E-state index contributed by atoms with van der Waals surface area (Å²) in [7, 11) is 0. The van der Waals surface area contributed by atoms with Gasteiger partial charge in [0, 0.05) is 5.38 Å². The highest BCUT2D eigenvalue weighted by molar-refractivity contribution is 7.09. The first-order valence-corrected chi connectivity index (χ1v) is 7.75. The monoisotopic (exact) mass is 289 g/mol. The van der Waals surface area contributed by atoms with E-state index in [1.54, 1.807) is 11.3 Å². The quantitative estimate of drug-likeness (QED) is 0.669. The largest absolute Gasteiger partial charge is 0.271 e. The third-order valence-electron chi connectivity index (χ3n) is 3.45. The molecule has 0 aliphatic carbocycles. The van der Waals surface area contributed by atoms with Gasteiger partial charge in [-0.3, -0.25) is 11.3 Å². The number of rotatable bonds is 4. The van der Waals surface area contributed by atoms with Gasteiger partial charge in [0.25, 0.3) is 0 Å². The summed E-state index contributed by atoms with van der Waals surface area (Å²) < 4.78 is 0. The Morgan fingerprint density at radius 2 is 1.90 bits per heavy atom. The zero-order valence-corrected chi connectivity index (χ0v) is 13.4. The van der Waals surface area contributed by atoms with Gasteiger partial charge in [0.15, 0.2) is 0 Å². The molecule has 3 nitrogen and oxygen atoms in total. The Kier molecular flexibility index (Phi) is 4.58. The second-order valence-corrected chi connectivity index (χ2v) is 7.22. The molecule has 1 atom stereocenters. The molecule has 4 heteroatoms. The summed E-state index contributed by atoms with van der Waals surface area (Å²) >= 11 is 1.66. The molecule has 0 fully saturated rings. The molecule has 20 heavy (non-hydrogen) atoms. The third-order valence-corrected chi connectivity index (χ3v) is 4.25. The lowest BCUT2D eigenvalue weighted by Crippen LogP contribution is -2.29. The first-order valence-electron chi connectivity index (χ1n) is 6.87. The van der Waals surface area contributed by atoms with Crippen molar-refractivity contribution in [2.45, 2.75) is 45.6 Å². The summed E-state index contributed by atoms with van der Waals surface area (Å²) in [6.45, 7) is 8.69. The second-order valence-electron chi connectivity index (χ2n) is 6.16. The summed E-state index contributed by atoms with van der Waals surface area (Å²) in [5.41, 5.74) is 6.70. The molecule has 0 spiro atoms. The number of nitrogens with two attached hydrogens (primary N) is 1. The molecule has 0 saturated heterocycles. The molecule has 1 aromatic heterocycles. The van der Waals surface area contributed by atoms with Crippen molar-refractivity contribution in [1.82, 2.24) is 10.4 Å². The number of aryl methyl sites for hydroxylation is 1. The van der Waals surface area contributed by atoms with Crippen LogP contribution in [0.25, 0.3) is 0 Å². The van der Waals surface area contributed by atoms with Crippen LogP contribution in [0.2, 0.25) is 0 Å². The molecule has 3 N–H and O–H groups in total. The van der Waals surface area contributed by atoms with Crippen LogP contribution in [0.15, 0.2) is 29.6 Å². The summed E-state index contributed by atoms with van der Waals surface area (Å²) in [6.07, 6.45) is 0.851. The maximum atomic E-state index is 5.68. The van der Waals surface area contributed by atoms with E-state index in [1.807, 2.05) is 6.92 Å². The van der Waals surface area contributed by atoms with Crippen molar-refractivity contribution in [1.29, 1.82) is 0 Å². The topological polar surface area (TPSA) is 50.9 Å². The Hall–Kier alpha value is -1.23. The maximum Gasteiger partial charge on any atom is 0.0898 e. The van der Waals surface area contributed by atoms with Crippen LogP contribution in [0.1, 0.15) is 48.6 Å². The van der Waals surface area contributed by atoms with Crippen LogP contribution in [-0.2, 0) is 11.8 Å². The summed E-state index contributed by atoms with van der Waals surface area (Å²) in [5, 5.41) is 3.15. The number of hydrazine groups is 1. The lowest BCUT2D eigenvalue weighted by atomic mass is 9.86. The van der Waals surface area contributed by atoms with Gasteiger partial charge in [0.05, 0.1) is 16.7 Å². The highest BCUT2D eigenvalue weighted by Crippen LogP contribution is 2.24. The van der Waals surface area contributed by atoms with E-state index >= 15 is 0 Å². The number of aromatic nitrogens is 1. The Morgan fingerprint density at radius 1 is 1.25 bits per heavy atom. The zero-order valence-electron chi connectivity index (χ0n) is 12.6. The predicted molar refractivity (Wildman–Crippen MR) is 85.8 cm³/mol. The maximum absolute atomic E-state index is 5.68. The Bertz CT molecular complexity index is 552. The smallest absolute Gasteiger partial charge is 0.0898 e. The Labute approximate surface area is 125 Å². The van der Waals surface area contributed by atoms with Gasteiger partial charge in [-0.25, -0.2) is 4.98 Å². The van der Waals surface area contributed by atoms with Crippen LogP contribution in [0, 0.1) is 6.92 Å². The average molecular weight is 289 g/mol. The molecule has 0 radical (unpaired) electrons. The Morgan fingerprint density at radius 3 is 2.35 bits per heavy atom. The fourth-order valence-corrected chi connectivity index (χ4v) is 2.83. The number of nitrogens with zero attached hydrogens (tertiary/aromatic N) is 1. The zero-order chi connectivity index (χ0) is 14.8. The van der Waals surface area contributed by atoms with E-state index in [4.69, 9.17) is 5.84 Å². The van der Waals surface area contributed by atoms with Gasteiger partial charge < -0.3 is 0 Å². The van der Waals surface area contributed by atoms with Crippen molar-refractivity contribution in [2.75, 3.05) is 0 Å². The van der Waals surface area contributed by atoms with Gasteiger partial charge in [0.2, 0.25) is 0 Å². The van der Waals surface area contributed by atoms with Crippen LogP contribution in [0.4, 0.5) is 0 Å².